The molecule has 0 spiro atoms. The molecule has 0 aromatic heterocycles. The number of carbonyl (C=O) groups excluding carboxylic acids is 1. The van der Waals surface area contributed by atoms with E-state index < -0.39 is 16.8 Å². The molecule has 1 atom stereocenters. The van der Waals surface area contributed by atoms with Gasteiger partial charge in [-0.05, 0) is 29.8 Å². The second-order valence-corrected chi connectivity index (χ2v) is 7.62. The average molecular weight is 478 g/mol. The molecule has 9 nitrogen and oxygen atoms in total. The highest BCUT2D eigenvalue weighted by Crippen LogP contribution is 2.43. The van der Waals surface area contributed by atoms with Crippen LogP contribution in [0.15, 0.2) is 72.1 Å². The molecular weight excluding hydrogens is 462 g/mol. The number of ether oxygens (including phenoxy) is 3. The van der Waals surface area contributed by atoms with Crippen molar-refractivity contribution in [1.82, 2.24) is 0 Å². The number of hydrogen-bond acceptors (Lipinski definition) is 8. The Kier molecular flexibility index (Phi) is 6.08. The van der Waals surface area contributed by atoms with Gasteiger partial charge in [0.05, 0.1) is 28.5 Å². The third kappa shape index (κ3) is 4.22. The molecule has 3 aromatic rings. The summed E-state index contributed by atoms with van der Waals surface area (Å²) in [7, 11) is 1.47. The van der Waals surface area contributed by atoms with Gasteiger partial charge in [-0.3, -0.25) is 10.1 Å². The summed E-state index contributed by atoms with van der Waals surface area (Å²) in [5, 5.41) is 20.9. The third-order valence-corrected chi connectivity index (χ3v) is 5.52. The van der Waals surface area contributed by atoms with Crippen molar-refractivity contribution >= 4 is 23.3 Å². The van der Waals surface area contributed by atoms with Crippen LogP contribution >= 0.6 is 11.6 Å². The summed E-state index contributed by atoms with van der Waals surface area (Å²) < 4.78 is 16.2. The SMILES string of the molecule is COc1ccc(C(=O)Oc2ccc3c(c2)OC(N)=C(C#N)C3c2ccc([N+](=O)[O-])cc2)cc1Cl. The van der Waals surface area contributed by atoms with E-state index in [-0.39, 0.29) is 39.2 Å². The Balaban J connectivity index is 1.66. The maximum absolute atomic E-state index is 12.6. The minimum Gasteiger partial charge on any atom is -0.495 e. The molecule has 34 heavy (non-hydrogen) atoms. The van der Waals surface area contributed by atoms with Gasteiger partial charge in [0.15, 0.2) is 0 Å². The largest absolute Gasteiger partial charge is 0.495 e. The highest BCUT2D eigenvalue weighted by molar-refractivity contribution is 6.32. The number of nitrogens with two attached hydrogens (primary N) is 1. The van der Waals surface area contributed by atoms with Gasteiger partial charge in [-0.15, -0.1) is 0 Å². The first-order chi connectivity index (χ1) is 16.3. The number of allylic oxidation sites excluding steroid dienone is 1. The number of nitro benzene ring substituents is 1. The zero-order valence-corrected chi connectivity index (χ0v) is 18.4. The van der Waals surface area contributed by atoms with Crippen molar-refractivity contribution in [3.8, 4) is 23.3 Å². The summed E-state index contributed by atoms with van der Waals surface area (Å²) in [4.78, 5) is 23.1. The van der Waals surface area contributed by atoms with Crippen molar-refractivity contribution in [2.45, 2.75) is 5.92 Å². The number of carbonyl (C=O) groups is 1. The second kappa shape index (κ2) is 9.13. The van der Waals surface area contributed by atoms with E-state index in [1.54, 1.807) is 30.3 Å². The number of non-ortho nitro benzene ring substituents is 1. The maximum Gasteiger partial charge on any atom is 0.343 e. The molecule has 0 saturated carbocycles. The lowest BCUT2D eigenvalue weighted by atomic mass is 9.83. The van der Waals surface area contributed by atoms with Gasteiger partial charge in [0.25, 0.3) is 5.69 Å². The Hall–Kier alpha value is -4.55. The Labute approximate surface area is 198 Å². The zero-order chi connectivity index (χ0) is 24.4. The van der Waals surface area contributed by atoms with Crippen LogP contribution in [0, 0.1) is 21.4 Å². The minimum atomic E-state index is -0.645. The van der Waals surface area contributed by atoms with Crippen LogP contribution in [0.25, 0.3) is 0 Å². The third-order valence-electron chi connectivity index (χ3n) is 5.23. The van der Waals surface area contributed by atoms with Crippen LogP contribution in [0.2, 0.25) is 5.02 Å². The molecule has 0 radical (unpaired) electrons. The molecule has 0 saturated heterocycles. The molecule has 0 aliphatic carbocycles. The average Bonchev–Trinajstić information content (AvgIpc) is 2.83. The van der Waals surface area contributed by atoms with Crippen molar-refractivity contribution < 1.29 is 23.9 Å². The van der Waals surface area contributed by atoms with Gasteiger partial charge >= 0.3 is 5.97 Å². The number of nitriles is 1. The number of rotatable bonds is 5. The molecule has 3 aromatic carbocycles. The number of fused-ring (bicyclic) bond motifs is 1. The fourth-order valence-corrected chi connectivity index (χ4v) is 3.85. The molecule has 1 aliphatic rings. The van der Waals surface area contributed by atoms with E-state index in [1.165, 1.54) is 37.4 Å². The number of benzene rings is 3. The smallest absolute Gasteiger partial charge is 0.343 e. The van der Waals surface area contributed by atoms with E-state index in [2.05, 4.69) is 6.07 Å². The lowest BCUT2D eigenvalue weighted by Crippen LogP contribution is -2.21. The van der Waals surface area contributed by atoms with E-state index in [4.69, 9.17) is 31.5 Å². The van der Waals surface area contributed by atoms with Crippen LogP contribution < -0.4 is 19.9 Å². The van der Waals surface area contributed by atoms with Crippen molar-refractivity contribution in [2.24, 2.45) is 5.73 Å². The normalized spacial score (nSPS) is 14.4. The van der Waals surface area contributed by atoms with Crippen LogP contribution in [-0.4, -0.2) is 18.0 Å². The van der Waals surface area contributed by atoms with Crippen LogP contribution in [0.5, 0.6) is 17.2 Å². The molecule has 2 N–H and O–H groups in total. The van der Waals surface area contributed by atoms with Gasteiger partial charge in [0.1, 0.15) is 28.9 Å². The number of hydrogen-bond donors (Lipinski definition) is 1. The highest BCUT2D eigenvalue weighted by Gasteiger charge is 2.31. The van der Waals surface area contributed by atoms with Crippen LogP contribution in [0.1, 0.15) is 27.4 Å². The molecule has 0 amide bonds. The fourth-order valence-electron chi connectivity index (χ4n) is 3.59. The first-order valence-corrected chi connectivity index (χ1v) is 10.2. The standard InChI is InChI=1S/C24H16ClN3O6/c1-32-20-9-4-14(10-19(20)25)24(29)33-16-7-8-17-21(11-16)34-23(27)18(12-26)22(17)13-2-5-15(6-3-13)28(30)31/h2-11,22H,27H2,1H3. The molecule has 170 valence electrons. The maximum atomic E-state index is 12.6. The molecule has 0 bridgehead atoms. The van der Waals surface area contributed by atoms with Gasteiger partial charge < -0.3 is 19.9 Å². The monoisotopic (exact) mass is 477 g/mol. The van der Waals surface area contributed by atoms with Gasteiger partial charge in [-0.1, -0.05) is 29.8 Å². The zero-order valence-electron chi connectivity index (χ0n) is 17.7. The van der Waals surface area contributed by atoms with Crippen molar-refractivity contribution in [3.63, 3.8) is 0 Å². The molecule has 1 heterocycles. The predicted molar refractivity (Wildman–Crippen MR) is 122 cm³/mol. The first kappa shape index (κ1) is 22.6. The van der Waals surface area contributed by atoms with E-state index in [1.807, 2.05) is 0 Å². The Morgan fingerprint density at radius 2 is 1.91 bits per heavy atom. The minimum absolute atomic E-state index is 0.0765. The molecule has 1 aliphatic heterocycles. The molecular formula is C24H16ClN3O6. The van der Waals surface area contributed by atoms with E-state index in [0.717, 1.165) is 0 Å². The van der Waals surface area contributed by atoms with Crippen LogP contribution in [-0.2, 0) is 0 Å². The van der Waals surface area contributed by atoms with E-state index in [0.29, 0.717) is 16.9 Å². The number of nitro groups is 1. The van der Waals surface area contributed by atoms with Crippen LogP contribution in [0.4, 0.5) is 5.69 Å². The molecule has 10 heteroatoms. The fraction of sp³-hybridized carbons (Fsp3) is 0.0833. The predicted octanol–water partition coefficient (Wildman–Crippen LogP) is 4.69. The van der Waals surface area contributed by atoms with Gasteiger partial charge in [-0.2, -0.15) is 5.26 Å². The summed E-state index contributed by atoms with van der Waals surface area (Å²) >= 11 is 6.08. The number of esters is 1. The lowest BCUT2D eigenvalue weighted by molar-refractivity contribution is -0.384. The lowest BCUT2D eigenvalue weighted by Gasteiger charge is -2.26. The second-order valence-electron chi connectivity index (χ2n) is 7.21. The summed E-state index contributed by atoms with van der Waals surface area (Å²) in [5.41, 5.74) is 7.51. The van der Waals surface area contributed by atoms with Crippen LogP contribution in [0.3, 0.4) is 0 Å². The Morgan fingerprint density at radius 1 is 1.18 bits per heavy atom. The molecule has 0 fully saturated rings. The van der Waals surface area contributed by atoms with Crippen molar-refractivity contribution in [2.75, 3.05) is 7.11 Å². The van der Waals surface area contributed by atoms with E-state index in [9.17, 15) is 20.2 Å². The molecule has 4 rings (SSSR count). The number of methoxy groups -OCH3 is 1. The number of halogens is 1. The van der Waals surface area contributed by atoms with Crippen molar-refractivity contribution in [1.29, 1.82) is 5.26 Å². The number of nitrogens with zero attached hydrogens (tertiary/aromatic N) is 2. The highest BCUT2D eigenvalue weighted by atomic mass is 35.5. The topological polar surface area (TPSA) is 138 Å². The van der Waals surface area contributed by atoms with Crippen molar-refractivity contribution in [3.05, 3.63) is 104 Å². The van der Waals surface area contributed by atoms with Gasteiger partial charge in [0, 0.05) is 23.8 Å². The van der Waals surface area contributed by atoms with Gasteiger partial charge in [-0.25, -0.2) is 4.79 Å². The quantitative estimate of drug-likeness (QED) is 0.241. The summed E-state index contributed by atoms with van der Waals surface area (Å²) in [6.45, 7) is 0. The summed E-state index contributed by atoms with van der Waals surface area (Å²) in [6, 6.07) is 17.1. The Morgan fingerprint density at radius 3 is 2.53 bits per heavy atom. The summed E-state index contributed by atoms with van der Waals surface area (Å²) in [5.74, 6) is -0.463. The molecule has 1 unspecified atom stereocenters. The summed E-state index contributed by atoms with van der Waals surface area (Å²) in [6.07, 6.45) is 0. The van der Waals surface area contributed by atoms with E-state index >= 15 is 0 Å². The Bertz CT molecular complexity index is 1380. The first-order valence-electron chi connectivity index (χ1n) is 9.84. The van der Waals surface area contributed by atoms with Gasteiger partial charge in [0.2, 0.25) is 5.88 Å².